The fourth-order valence-corrected chi connectivity index (χ4v) is 3.22. The zero-order valence-corrected chi connectivity index (χ0v) is 16.1. The van der Waals surface area contributed by atoms with Gasteiger partial charge in [0.1, 0.15) is 5.60 Å². The Bertz CT molecular complexity index is 474. The van der Waals surface area contributed by atoms with Crippen molar-refractivity contribution in [1.29, 1.82) is 0 Å². The number of nitrogens with zero attached hydrogens (tertiary/aromatic N) is 1. The van der Waals surface area contributed by atoms with Gasteiger partial charge in [-0.1, -0.05) is 0 Å². The van der Waals surface area contributed by atoms with Crippen LogP contribution in [0.1, 0.15) is 32.8 Å². The molecule has 1 atom stereocenters. The first kappa shape index (κ1) is 19.4. The minimum Gasteiger partial charge on any atom is -0.444 e. The molecule has 0 spiro atoms. The van der Waals surface area contributed by atoms with Crippen LogP contribution >= 0.6 is 27.3 Å². The fourth-order valence-electron chi connectivity index (χ4n) is 2.02. The van der Waals surface area contributed by atoms with E-state index in [-0.39, 0.29) is 12.1 Å². The number of alkyl carbamates (subject to hydrolysis) is 1. The van der Waals surface area contributed by atoms with E-state index in [2.05, 4.69) is 44.6 Å². The first-order valence-electron chi connectivity index (χ1n) is 7.31. The highest BCUT2D eigenvalue weighted by molar-refractivity contribution is 9.11. The van der Waals surface area contributed by atoms with Crippen LogP contribution in [0.3, 0.4) is 0 Å². The van der Waals surface area contributed by atoms with E-state index in [1.54, 1.807) is 11.3 Å². The van der Waals surface area contributed by atoms with E-state index in [0.717, 1.165) is 16.8 Å². The molecule has 3 N–H and O–H groups in total. The summed E-state index contributed by atoms with van der Waals surface area (Å²) in [5.74, 6) is 0. The SMILES string of the molecule is CN(Cc1csc(Br)c1)C(CN)CCNC(=O)OC(C)(C)C. The molecule has 1 aromatic heterocycles. The summed E-state index contributed by atoms with van der Waals surface area (Å²) in [6.45, 7) is 7.49. The number of hydrogen-bond acceptors (Lipinski definition) is 5. The van der Waals surface area contributed by atoms with Gasteiger partial charge in [-0.25, -0.2) is 4.79 Å². The quantitative estimate of drug-likeness (QED) is 0.748. The number of likely N-dealkylation sites (N-methyl/N-ethyl adjacent to an activating group) is 1. The van der Waals surface area contributed by atoms with Crippen LogP contribution in [-0.4, -0.2) is 42.8 Å². The minimum absolute atomic E-state index is 0.216. The second kappa shape index (κ2) is 8.86. The average Bonchev–Trinajstić information content (AvgIpc) is 2.77. The zero-order chi connectivity index (χ0) is 16.8. The summed E-state index contributed by atoms with van der Waals surface area (Å²) < 4.78 is 6.34. The van der Waals surface area contributed by atoms with E-state index in [4.69, 9.17) is 10.5 Å². The Kier molecular flexibility index (Phi) is 7.82. The first-order valence-corrected chi connectivity index (χ1v) is 8.98. The number of rotatable bonds is 7. The highest BCUT2D eigenvalue weighted by Crippen LogP contribution is 2.22. The molecule has 0 saturated heterocycles. The summed E-state index contributed by atoms with van der Waals surface area (Å²) in [5.41, 5.74) is 6.65. The Morgan fingerprint density at radius 3 is 2.73 bits per heavy atom. The molecule has 0 fully saturated rings. The van der Waals surface area contributed by atoms with Gasteiger partial charge in [0.25, 0.3) is 0 Å². The van der Waals surface area contributed by atoms with E-state index in [1.807, 2.05) is 20.8 Å². The van der Waals surface area contributed by atoms with Gasteiger partial charge < -0.3 is 15.8 Å². The van der Waals surface area contributed by atoms with Crippen LogP contribution < -0.4 is 11.1 Å². The van der Waals surface area contributed by atoms with Gasteiger partial charge in [-0.15, -0.1) is 11.3 Å². The van der Waals surface area contributed by atoms with Gasteiger partial charge in [0, 0.05) is 25.7 Å². The summed E-state index contributed by atoms with van der Waals surface area (Å²) in [4.78, 5) is 13.8. The van der Waals surface area contributed by atoms with Gasteiger partial charge in [-0.3, -0.25) is 4.90 Å². The van der Waals surface area contributed by atoms with Crippen LogP contribution in [0.15, 0.2) is 15.2 Å². The molecule has 7 heteroatoms. The monoisotopic (exact) mass is 391 g/mol. The lowest BCUT2D eigenvalue weighted by Crippen LogP contribution is -2.41. The lowest BCUT2D eigenvalue weighted by atomic mass is 10.1. The van der Waals surface area contributed by atoms with Crippen molar-refractivity contribution in [3.63, 3.8) is 0 Å². The molecular formula is C15H26BrN3O2S. The van der Waals surface area contributed by atoms with Crippen molar-refractivity contribution < 1.29 is 9.53 Å². The molecule has 0 aliphatic carbocycles. The summed E-state index contributed by atoms with van der Waals surface area (Å²) >= 11 is 5.15. The topological polar surface area (TPSA) is 67.6 Å². The van der Waals surface area contributed by atoms with Gasteiger partial charge in [0.05, 0.1) is 3.79 Å². The van der Waals surface area contributed by atoms with E-state index < -0.39 is 5.60 Å². The molecular weight excluding hydrogens is 366 g/mol. The van der Waals surface area contributed by atoms with Gasteiger partial charge in [0.15, 0.2) is 0 Å². The molecule has 1 unspecified atom stereocenters. The Balaban J connectivity index is 2.36. The fraction of sp³-hybridized carbons (Fsp3) is 0.667. The van der Waals surface area contributed by atoms with Gasteiger partial charge >= 0.3 is 6.09 Å². The summed E-state index contributed by atoms with van der Waals surface area (Å²) in [7, 11) is 2.05. The van der Waals surface area contributed by atoms with Gasteiger partial charge in [-0.05, 0) is 67.2 Å². The molecule has 1 amide bonds. The number of carbonyl (C=O) groups excluding carboxylic acids is 1. The Morgan fingerprint density at radius 2 is 2.23 bits per heavy atom. The third-order valence-electron chi connectivity index (χ3n) is 3.09. The predicted molar refractivity (Wildman–Crippen MR) is 95.2 cm³/mol. The number of carbonyl (C=O) groups is 1. The van der Waals surface area contributed by atoms with Crippen molar-refractivity contribution in [2.24, 2.45) is 5.73 Å². The van der Waals surface area contributed by atoms with Crippen molar-refractivity contribution >= 4 is 33.4 Å². The highest BCUT2D eigenvalue weighted by atomic mass is 79.9. The largest absolute Gasteiger partial charge is 0.444 e. The maximum Gasteiger partial charge on any atom is 0.407 e. The second-order valence-electron chi connectivity index (χ2n) is 6.28. The van der Waals surface area contributed by atoms with Crippen LogP contribution in [0.2, 0.25) is 0 Å². The molecule has 1 heterocycles. The van der Waals surface area contributed by atoms with Crippen LogP contribution in [0.4, 0.5) is 4.79 Å². The minimum atomic E-state index is -0.472. The van der Waals surface area contributed by atoms with Crippen LogP contribution in [0.25, 0.3) is 0 Å². The Hall–Kier alpha value is -0.630. The second-order valence-corrected chi connectivity index (χ2v) is 8.57. The number of ether oxygens (including phenoxy) is 1. The lowest BCUT2D eigenvalue weighted by Gasteiger charge is -2.27. The van der Waals surface area contributed by atoms with Crippen LogP contribution in [0, 0.1) is 0 Å². The normalized spacial score (nSPS) is 13.2. The van der Waals surface area contributed by atoms with Gasteiger partial charge in [-0.2, -0.15) is 0 Å². The molecule has 1 rings (SSSR count). The Labute approximate surface area is 145 Å². The average molecular weight is 392 g/mol. The third-order valence-corrected chi connectivity index (χ3v) is 4.65. The smallest absolute Gasteiger partial charge is 0.407 e. The maximum atomic E-state index is 11.6. The molecule has 0 bridgehead atoms. The number of hydrogen-bond donors (Lipinski definition) is 2. The first-order chi connectivity index (χ1) is 10.2. The zero-order valence-electron chi connectivity index (χ0n) is 13.7. The van der Waals surface area contributed by atoms with Gasteiger partial charge in [0.2, 0.25) is 0 Å². The lowest BCUT2D eigenvalue weighted by molar-refractivity contribution is 0.0522. The molecule has 0 aliphatic rings. The number of amides is 1. The van der Waals surface area contributed by atoms with E-state index in [0.29, 0.717) is 13.1 Å². The molecule has 0 aliphatic heterocycles. The number of nitrogens with two attached hydrogens (primary N) is 1. The van der Waals surface area contributed by atoms with Crippen LogP contribution in [0.5, 0.6) is 0 Å². The van der Waals surface area contributed by atoms with Crippen molar-refractivity contribution in [2.75, 3.05) is 20.1 Å². The van der Waals surface area contributed by atoms with Crippen molar-refractivity contribution in [3.8, 4) is 0 Å². The predicted octanol–water partition coefficient (Wildman–Crippen LogP) is 3.18. The summed E-state index contributed by atoms with van der Waals surface area (Å²) in [5, 5.41) is 4.91. The molecule has 1 aromatic rings. The molecule has 0 aromatic carbocycles. The number of thiophene rings is 1. The molecule has 22 heavy (non-hydrogen) atoms. The molecule has 126 valence electrons. The number of halogens is 1. The van der Waals surface area contributed by atoms with E-state index in [1.165, 1.54) is 5.56 Å². The van der Waals surface area contributed by atoms with Crippen molar-refractivity contribution in [2.45, 2.75) is 45.4 Å². The molecule has 0 radical (unpaired) electrons. The van der Waals surface area contributed by atoms with Crippen molar-refractivity contribution in [3.05, 3.63) is 20.8 Å². The molecule has 0 saturated carbocycles. The number of nitrogens with one attached hydrogen (secondary N) is 1. The Morgan fingerprint density at radius 1 is 1.55 bits per heavy atom. The van der Waals surface area contributed by atoms with E-state index in [9.17, 15) is 4.79 Å². The highest BCUT2D eigenvalue weighted by Gasteiger charge is 2.17. The standard InChI is InChI=1S/C15H26BrN3O2S/c1-15(2,3)21-14(20)18-6-5-12(8-17)19(4)9-11-7-13(16)22-10-11/h7,10,12H,5-6,8-9,17H2,1-4H3,(H,18,20). The third kappa shape index (κ3) is 7.58. The summed E-state index contributed by atoms with van der Waals surface area (Å²) in [6, 6.07) is 2.34. The summed E-state index contributed by atoms with van der Waals surface area (Å²) in [6.07, 6.45) is 0.407. The van der Waals surface area contributed by atoms with Crippen LogP contribution in [-0.2, 0) is 11.3 Å². The molecule has 5 nitrogen and oxygen atoms in total. The van der Waals surface area contributed by atoms with E-state index >= 15 is 0 Å². The van der Waals surface area contributed by atoms with Crippen molar-refractivity contribution in [1.82, 2.24) is 10.2 Å². The maximum absolute atomic E-state index is 11.6.